The van der Waals surface area contributed by atoms with E-state index in [1.807, 2.05) is 66.4 Å². The molecule has 0 aliphatic carbocycles. The zero-order valence-electron chi connectivity index (χ0n) is 18.4. The standard InChI is InChI=1S/C27H29ClN2O2/c1-2-6-25(29-26(31)24-10-5-8-21-7-3-4-9-23(21)24)27(32)30-17-15-20(16-18-30)19-11-13-22(28)14-12-19/h3-5,7-14,20,25H,2,6,15-18H2,1H3,(H,29,31). The van der Waals surface area contributed by atoms with Crippen LogP contribution in [0.25, 0.3) is 10.8 Å². The molecule has 1 heterocycles. The summed E-state index contributed by atoms with van der Waals surface area (Å²) < 4.78 is 0. The molecular weight excluding hydrogens is 420 g/mol. The zero-order valence-corrected chi connectivity index (χ0v) is 19.1. The SMILES string of the molecule is CCCC(NC(=O)c1cccc2ccccc12)C(=O)N1CCC(c2ccc(Cl)cc2)CC1. The summed E-state index contributed by atoms with van der Waals surface area (Å²) in [4.78, 5) is 28.3. The van der Waals surface area contributed by atoms with E-state index in [2.05, 4.69) is 17.4 Å². The second kappa shape index (κ2) is 10.2. The van der Waals surface area contributed by atoms with E-state index in [0.29, 0.717) is 31.0 Å². The number of likely N-dealkylation sites (tertiary alicyclic amines) is 1. The lowest BCUT2D eigenvalue weighted by atomic mass is 9.89. The van der Waals surface area contributed by atoms with Crippen molar-refractivity contribution in [3.05, 3.63) is 82.9 Å². The van der Waals surface area contributed by atoms with Crippen LogP contribution < -0.4 is 5.32 Å². The highest BCUT2D eigenvalue weighted by Crippen LogP contribution is 2.29. The third-order valence-corrected chi connectivity index (χ3v) is 6.62. The fraction of sp³-hybridized carbons (Fsp3) is 0.333. The summed E-state index contributed by atoms with van der Waals surface area (Å²) in [5.41, 5.74) is 1.88. The van der Waals surface area contributed by atoms with Gasteiger partial charge in [-0.15, -0.1) is 0 Å². The molecule has 0 bridgehead atoms. The Balaban J connectivity index is 1.43. The van der Waals surface area contributed by atoms with Crippen LogP contribution in [0.3, 0.4) is 0 Å². The number of nitrogens with one attached hydrogen (secondary N) is 1. The first kappa shape index (κ1) is 22.3. The lowest BCUT2D eigenvalue weighted by Gasteiger charge is -2.34. The second-order valence-electron chi connectivity index (χ2n) is 8.49. The number of piperidine rings is 1. The van der Waals surface area contributed by atoms with Gasteiger partial charge >= 0.3 is 0 Å². The zero-order chi connectivity index (χ0) is 22.5. The van der Waals surface area contributed by atoms with Crippen LogP contribution in [-0.2, 0) is 4.79 Å². The van der Waals surface area contributed by atoms with Gasteiger partial charge in [-0.3, -0.25) is 9.59 Å². The maximum Gasteiger partial charge on any atom is 0.252 e. The Morgan fingerprint density at radius 3 is 2.41 bits per heavy atom. The Labute approximate surface area is 194 Å². The van der Waals surface area contributed by atoms with Gasteiger partial charge in [0.15, 0.2) is 0 Å². The number of benzene rings is 3. The molecular formula is C27H29ClN2O2. The van der Waals surface area contributed by atoms with Crippen molar-refractivity contribution in [2.24, 2.45) is 0 Å². The van der Waals surface area contributed by atoms with E-state index < -0.39 is 6.04 Å². The molecule has 0 aromatic heterocycles. The summed E-state index contributed by atoms with van der Waals surface area (Å²) in [5, 5.41) is 5.69. The van der Waals surface area contributed by atoms with Gasteiger partial charge in [0.25, 0.3) is 5.91 Å². The molecule has 2 amide bonds. The van der Waals surface area contributed by atoms with E-state index in [4.69, 9.17) is 11.6 Å². The third kappa shape index (κ3) is 4.97. The van der Waals surface area contributed by atoms with Crippen LogP contribution in [0.15, 0.2) is 66.7 Å². The van der Waals surface area contributed by atoms with Crippen molar-refractivity contribution in [1.29, 1.82) is 0 Å². The number of hydrogen-bond acceptors (Lipinski definition) is 2. The van der Waals surface area contributed by atoms with Gasteiger partial charge in [-0.05, 0) is 59.7 Å². The average molecular weight is 449 g/mol. The number of hydrogen-bond donors (Lipinski definition) is 1. The molecule has 3 aromatic rings. The number of carbonyl (C=O) groups excluding carboxylic acids is 2. The minimum atomic E-state index is -0.501. The predicted molar refractivity (Wildman–Crippen MR) is 130 cm³/mol. The molecule has 1 aliphatic rings. The van der Waals surface area contributed by atoms with E-state index in [-0.39, 0.29) is 11.8 Å². The number of nitrogens with zero attached hydrogens (tertiary/aromatic N) is 1. The van der Waals surface area contributed by atoms with E-state index >= 15 is 0 Å². The monoisotopic (exact) mass is 448 g/mol. The first-order valence-corrected chi connectivity index (χ1v) is 11.8. The van der Waals surface area contributed by atoms with Gasteiger partial charge < -0.3 is 10.2 Å². The van der Waals surface area contributed by atoms with Crippen LogP contribution in [0.5, 0.6) is 0 Å². The smallest absolute Gasteiger partial charge is 0.252 e. The van der Waals surface area contributed by atoms with E-state index in [1.54, 1.807) is 0 Å². The van der Waals surface area contributed by atoms with Gasteiger partial charge in [-0.2, -0.15) is 0 Å². The fourth-order valence-electron chi connectivity index (χ4n) is 4.59. The molecule has 5 heteroatoms. The molecule has 0 radical (unpaired) electrons. The van der Waals surface area contributed by atoms with Crippen molar-refractivity contribution in [3.63, 3.8) is 0 Å². The molecule has 1 aliphatic heterocycles. The largest absolute Gasteiger partial charge is 0.341 e. The Bertz CT molecular complexity index is 1080. The number of rotatable bonds is 6. The van der Waals surface area contributed by atoms with Crippen molar-refractivity contribution >= 4 is 34.2 Å². The molecule has 0 saturated carbocycles. The number of amides is 2. The first-order valence-electron chi connectivity index (χ1n) is 11.4. The molecule has 3 aromatic carbocycles. The van der Waals surface area contributed by atoms with Gasteiger partial charge in [0.05, 0.1) is 0 Å². The topological polar surface area (TPSA) is 49.4 Å². The molecule has 1 unspecified atom stereocenters. The van der Waals surface area contributed by atoms with Crippen LogP contribution in [0, 0.1) is 0 Å². The average Bonchev–Trinajstić information content (AvgIpc) is 2.83. The van der Waals surface area contributed by atoms with Crippen molar-refractivity contribution in [3.8, 4) is 0 Å². The normalized spacial score (nSPS) is 15.5. The number of halogens is 1. The van der Waals surface area contributed by atoms with E-state index in [9.17, 15) is 9.59 Å². The van der Waals surface area contributed by atoms with Crippen molar-refractivity contribution in [2.75, 3.05) is 13.1 Å². The Hall–Kier alpha value is -2.85. The summed E-state index contributed by atoms with van der Waals surface area (Å²) in [6, 6.07) is 21.0. The summed E-state index contributed by atoms with van der Waals surface area (Å²) in [6.45, 7) is 3.45. The second-order valence-corrected chi connectivity index (χ2v) is 8.93. The minimum absolute atomic E-state index is 0.0231. The molecule has 4 nitrogen and oxygen atoms in total. The van der Waals surface area contributed by atoms with Gasteiger partial charge in [0, 0.05) is 23.7 Å². The van der Waals surface area contributed by atoms with Crippen molar-refractivity contribution in [1.82, 2.24) is 10.2 Å². The number of fused-ring (bicyclic) bond motifs is 1. The quantitative estimate of drug-likeness (QED) is 0.518. The van der Waals surface area contributed by atoms with Crippen LogP contribution in [0.1, 0.15) is 54.4 Å². The van der Waals surface area contributed by atoms with Gasteiger partial charge in [-0.1, -0.05) is 73.5 Å². The molecule has 166 valence electrons. The lowest BCUT2D eigenvalue weighted by molar-refractivity contribution is -0.134. The molecule has 1 atom stereocenters. The summed E-state index contributed by atoms with van der Waals surface area (Å²) in [6.07, 6.45) is 3.30. The highest BCUT2D eigenvalue weighted by atomic mass is 35.5. The predicted octanol–water partition coefficient (Wildman–Crippen LogP) is 5.80. The van der Waals surface area contributed by atoms with Crippen LogP contribution >= 0.6 is 11.6 Å². The Morgan fingerprint density at radius 1 is 1.00 bits per heavy atom. The van der Waals surface area contributed by atoms with Gasteiger partial charge in [-0.25, -0.2) is 0 Å². The van der Waals surface area contributed by atoms with Crippen LogP contribution in [-0.4, -0.2) is 35.8 Å². The number of carbonyl (C=O) groups is 2. The maximum absolute atomic E-state index is 13.3. The lowest BCUT2D eigenvalue weighted by Crippen LogP contribution is -2.50. The molecule has 4 rings (SSSR count). The van der Waals surface area contributed by atoms with Crippen molar-refractivity contribution in [2.45, 2.75) is 44.6 Å². The highest BCUT2D eigenvalue weighted by Gasteiger charge is 2.29. The van der Waals surface area contributed by atoms with E-state index in [1.165, 1.54) is 5.56 Å². The van der Waals surface area contributed by atoms with Crippen LogP contribution in [0.2, 0.25) is 5.02 Å². The van der Waals surface area contributed by atoms with Crippen molar-refractivity contribution < 1.29 is 9.59 Å². The Morgan fingerprint density at radius 2 is 1.69 bits per heavy atom. The summed E-state index contributed by atoms with van der Waals surface area (Å²) in [7, 11) is 0. The van der Waals surface area contributed by atoms with Gasteiger partial charge in [0.1, 0.15) is 6.04 Å². The minimum Gasteiger partial charge on any atom is -0.341 e. The Kier molecular flexibility index (Phi) is 7.11. The highest BCUT2D eigenvalue weighted by molar-refractivity contribution is 6.30. The maximum atomic E-state index is 13.3. The van der Waals surface area contributed by atoms with E-state index in [0.717, 1.165) is 35.1 Å². The third-order valence-electron chi connectivity index (χ3n) is 6.36. The van der Waals surface area contributed by atoms with Gasteiger partial charge in [0.2, 0.25) is 5.91 Å². The molecule has 32 heavy (non-hydrogen) atoms. The fourth-order valence-corrected chi connectivity index (χ4v) is 4.72. The summed E-state index contributed by atoms with van der Waals surface area (Å²) in [5.74, 6) is 0.269. The molecule has 1 saturated heterocycles. The molecule has 1 N–H and O–H groups in total. The van der Waals surface area contributed by atoms with Crippen LogP contribution in [0.4, 0.5) is 0 Å². The first-order chi connectivity index (χ1) is 15.6. The summed E-state index contributed by atoms with van der Waals surface area (Å²) >= 11 is 6.01. The molecule has 1 fully saturated rings. The molecule has 0 spiro atoms.